The molecule has 3 atom stereocenters. The minimum absolute atomic E-state index is 0.172. The third kappa shape index (κ3) is 2.67. The molecule has 1 aliphatic carbocycles. The van der Waals surface area contributed by atoms with E-state index in [9.17, 15) is 4.39 Å². The van der Waals surface area contributed by atoms with Gasteiger partial charge in [-0.15, -0.1) is 0 Å². The number of rotatable bonds is 3. The first-order valence-corrected chi connectivity index (χ1v) is 7.50. The second kappa shape index (κ2) is 5.59. The van der Waals surface area contributed by atoms with E-state index in [1.165, 1.54) is 38.2 Å². The largest absolute Gasteiger partial charge is 0.323 e. The van der Waals surface area contributed by atoms with E-state index < -0.39 is 0 Å². The van der Waals surface area contributed by atoms with Crippen molar-refractivity contribution in [2.24, 2.45) is 11.7 Å². The van der Waals surface area contributed by atoms with Crippen molar-refractivity contribution in [3.8, 4) is 0 Å². The molecular formula is C16H23FN2. The molecule has 19 heavy (non-hydrogen) atoms. The van der Waals surface area contributed by atoms with Crippen LogP contribution in [0.1, 0.15) is 43.7 Å². The van der Waals surface area contributed by atoms with Crippen molar-refractivity contribution in [1.82, 2.24) is 4.90 Å². The van der Waals surface area contributed by atoms with Crippen molar-refractivity contribution in [1.29, 1.82) is 0 Å². The Morgan fingerprint density at radius 3 is 2.84 bits per heavy atom. The minimum atomic E-state index is -0.207. The number of hydrogen-bond acceptors (Lipinski definition) is 2. The molecule has 2 nitrogen and oxygen atoms in total. The van der Waals surface area contributed by atoms with Crippen LogP contribution >= 0.6 is 0 Å². The Hall–Kier alpha value is -0.930. The summed E-state index contributed by atoms with van der Waals surface area (Å²) in [7, 11) is 0. The van der Waals surface area contributed by atoms with Crippen molar-refractivity contribution in [3.63, 3.8) is 0 Å². The molecule has 1 aromatic carbocycles. The summed E-state index contributed by atoms with van der Waals surface area (Å²) in [6, 6.07) is 7.40. The van der Waals surface area contributed by atoms with Crippen LogP contribution in [-0.4, -0.2) is 24.0 Å². The Labute approximate surface area is 114 Å². The molecule has 2 N–H and O–H groups in total. The molecule has 2 aliphatic rings. The Morgan fingerprint density at radius 2 is 2.00 bits per heavy atom. The van der Waals surface area contributed by atoms with E-state index in [2.05, 4.69) is 4.90 Å². The lowest BCUT2D eigenvalue weighted by molar-refractivity contribution is 0.173. The summed E-state index contributed by atoms with van der Waals surface area (Å²) in [5, 5.41) is 0. The van der Waals surface area contributed by atoms with E-state index in [-0.39, 0.29) is 11.9 Å². The van der Waals surface area contributed by atoms with Crippen LogP contribution in [0.4, 0.5) is 4.39 Å². The van der Waals surface area contributed by atoms with Crippen LogP contribution in [0.5, 0.6) is 0 Å². The highest BCUT2D eigenvalue weighted by Gasteiger charge is 2.36. The van der Waals surface area contributed by atoms with Gasteiger partial charge in [0.15, 0.2) is 0 Å². The average molecular weight is 262 g/mol. The number of likely N-dealkylation sites (tertiary alicyclic amines) is 1. The molecule has 1 saturated heterocycles. The number of halogens is 1. The second-order valence-corrected chi connectivity index (χ2v) is 6.02. The highest BCUT2D eigenvalue weighted by molar-refractivity contribution is 5.21. The fourth-order valence-corrected chi connectivity index (χ4v) is 3.86. The van der Waals surface area contributed by atoms with Gasteiger partial charge in [0.05, 0.1) is 0 Å². The van der Waals surface area contributed by atoms with Crippen LogP contribution in [0.25, 0.3) is 0 Å². The lowest BCUT2D eigenvalue weighted by Gasteiger charge is -2.33. The van der Waals surface area contributed by atoms with Crippen molar-refractivity contribution in [3.05, 3.63) is 35.6 Å². The number of benzene rings is 1. The number of hydrogen-bond donors (Lipinski definition) is 1. The predicted octanol–water partition coefficient (Wildman–Crippen LogP) is 3.09. The standard InChI is InChI=1S/C16H23FN2/c17-14-7-3-2-6-13(14)15(18)11-19-10-9-12-5-1-4-8-16(12)19/h2-3,6-7,12,15-16H,1,4-5,8-11,18H2. The maximum atomic E-state index is 13.7. The highest BCUT2D eigenvalue weighted by atomic mass is 19.1. The van der Waals surface area contributed by atoms with Gasteiger partial charge in [-0.1, -0.05) is 31.0 Å². The molecule has 1 aliphatic heterocycles. The second-order valence-electron chi connectivity index (χ2n) is 6.02. The zero-order valence-electron chi connectivity index (χ0n) is 11.4. The summed E-state index contributed by atoms with van der Waals surface area (Å²) in [4.78, 5) is 2.50. The lowest BCUT2D eigenvalue weighted by Crippen LogP contribution is -2.39. The molecular weight excluding hydrogens is 239 g/mol. The van der Waals surface area contributed by atoms with Gasteiger partial charge in [0.1, 0.15) is 5.82 Å². The van der Waals surface area contributed by atoms with Gasteiger partial charge >= 0.3 is 0 Å². The zero-order valence-corrected chi connectivity index (χ0v) is 11.4. The SMILES string of the molecule is NC(CN1CCC2CCCCC21)c1ccccc1F. The molecule has 2 fully saturated rings. The highest BCUT2D eigenvalue weighted by Crippen LogP contribution is 2.36. The summed E-state index contributed by atoms with van der Waals surface area (Å²) in [6.45, 7) is 1.93. The zero-order chi connectivity index (χ0) is 13.2. The fourth-order valence-electron chi connectivity index (χ4n) is 3.86. The molecule has 3 heteroatoms. The van der Waals surface area contributed by atoms with E-state index in [0.717, 1.165) is 19.0 Å². The van der Waals surface area contributed by atoms with Gasteiger partial charge in [-0.3, -0.25) is 4.90 Å². The summed E-state index contributed by atoms with van der Waals surface area (Å²) in [6.07, 6.45) is 6.69. The van der Waals surface area contributed by atoms with E-state index in [0.29, 0.717) is 11.6 Å². The van der Waals surface area contributed by atoms with Crippen LogP contribution in [-0.2, 0) is 0 Å². The molecule has 0 aromatic heterocycles. The van der Waals surface area contributed by atoms with E-state index in [4.69, 9.17) is 5.73 Å². The Kier molecular flexibility index (Phi) is 3.85. The molecule has 1 saturated carbocycles. The van der Waals surface area contributed by atoms with E-state index in [1.807, 2.05) is 12.1 Å². The van der Waals surface area contributed by atoms with Gasteiger partial charge in [0.25, 0.3) is 0 Å². The topological polar surface area (TPSA) is 29.3 Å². The van der Waals surface area contributed by atoms with Gasteiger partial charge in [-0.25, -0.2) is 4.39 Å². The van der Waals surface area contributed by atoms with Crippen LogP contribution in [0.3, 0.4) is 0 Å². The van der Waals surface area contributed by atoms with Gasteiger partial charge in [0, 0.05) is 24.2 Å². The van der Waals surface area contributed by atoms with Crippen LogP contribution in [0, 0.1) is 11.7 Å². The first-order valence-electron chi connectivity index (χ1n) is 7.50. The summed E-state index contributed by atoms with van der Waals surface area (Å²) >= 11 is 0. The molecule has 0 amide bonds. The molecule has 3 rings (SSSR count). The van der Waals surface area contributed by atoms with Crippen LogP contribution in [0.2, 0.25) is 0 Å². The molecule has 0 radical (unpaired) electrons. The summed E-state index contributed by atoms with van der Waals surface area (Å²) < 4.78 is 13.7. The van der Waals surface area contributed by atoms with Crippen molar-refractivity contribution in [2.75, 3.05) is 13.1 Å². The van der Waals surface area contributed by atoms with Gasteiger partial charge in [-0.2, -0.15) is 0 Å². The number of nitrogens with zero attached hydrogens (tertiary/aromatic N) is 1. The molecule has 0 bridgehead atoms. The van der Waals surface area contributed by atoms with Crippen molar-refractivity contribution in [2.45, 2.75) is 44.2 Å². The number of nitrogens with two attached hydrogens (primary N) is 1. The molecule has 1 heterocycles. The van der Waals surface area contributed by atoms with Crippen LogP contribution in [0.15, 0.2) is 24.3 Å². The summed E-state index contributed by atoms with van der Waals surface area (Å²) in [5.74, 6) is 0.691. The van der Waals surface area contributed by atoms with Crippen molar-refractivity contribution < 1.29 is 4.39 Å². The molecule has 104 valence electrons. The third-order valence-electron chi connectivity index (χ3n) is 4.86. The number of fused-ring (bicyclic) bond motifs is 1. The maximum Gasteiger partial charge on any atom is 0.128 e. The van der Waals surface area contributed by atoms with Gasteiger partial charge in [-0.05, 0) is 37.8 Å². The molecule has 3 unspecified atom stereocenters. The normalized spacial score (nSPS) is 29.2. The van der Waals surface area contributed by atoms with E-state index >= 15 is 0 Å². The average Bonchev–Trinajstić information content (AvgIpc) is 2.83. The van der Waals surface area contributed by atoms with Gasteiger partial charge < -0.3 is 5.73 Å². The van der Waals surface area contributed by atoms with Crippen molar-refractivity contribution >= 4 is 0 Å². The minimum Gasteiger partial charge on any atom is -0.323 e. The smallest absolute Gasteiger partial charge is 0.128 e. The van der Waals surface area contributed by atoms with Gasteiger partial charge in [0.2, 0.25) is 0 Å². The monoisotopic (exact) mass is 262 g/mol. The third-order valence-corrected chi connectivity index (χ3v) is 4.86. The Morgan fingerprint density at radius 1 is 1.21 bits per heavy atom. The molecule has 1 aromatic rings. The van der Waals surface area contributed by atoms with E-state index in [1.54, 1.807) is 6.07 Å². The molecule has 0 spiro atoms. The van der Waals surface area contributed by atoms with Crippen LogP contribution < -0.4 is 5.73 Å². The first kappa shape index (κ1) is 13.1. The Bertz CT molecular complexity index is 435. The fraction of sp³-hybridized carbons (Fsp3) is 0.625. The first-order chi connectivity index (χ1) is 9.25. The predicted molar refractivity (Wildman–Crippen MR) is 75.3 cm³/mol. The lowest BCUT2D eigenvalue weighted by atomic mass is 9.85. The Balaban J connectivity index is 1.67. The summed E-state index contributed by atoms with van der Waals surface area (Å²) in [5.41, 5.74) is 6.87. The quantitative estimate of drug-likeness (QED) is 0.907. The maximum absolute atomic E-state index is 13.7.